The van der Waals surface area contributed by atoms with E-state index in [0.717, 1.165) is 5.69 Å². The number of hydrogen-bond acceptors (Lipinski definition) is 4. The maximum atomic E-state index is 12.5. The molecule has 0 bridgehead atoms. The molecule has 142 valence electrons. The van der Waals surface area contributed by atoms with Crippen molar-refractivity contribution in [3.05, 3.63) is 64.3 Å². The number of furan rings is 1. The van der Waals surface area contributed by atoms with Crippen LogP contribution in [0.5, 0.6) is 5.75 Å². The summed E-state index contributed by atoms with van der Waals surface area (Å²) in [6.07, 6.45) is 0. The lowest BCUT2D eigenvalue weighted by molar-refractivity contribution is -0.0493. The number of amides is 1. The summed E-state index contributed by atoms with van der Waals surface area (Å²) < 4.78 is 36.5. The van der Waals surface area contributed by atoms with Crippen molar-refractivity contribution in [3.63, 3.8) is 0 Å². The number of aryl methyl sites for hydroxylation is 1. The van der Waals surface area contributed by atoms with E-state index in [1.807, 2.05) is 6.92 Å². The molecule has 0 saturated heterocycles. The number of nitrogens with zero attached hydrogens (tertiary/aromatic N) is 2. The van der Waals surface area contributed by atoms with Crippen molar-refractivity contribution in [1.82, 2.24) is 9.78 Å². The molecular weight excluding hydrogens is 380 g/mol. The number of carbonyl (C=O) groups is 1. The van der Waals surface area contributed by atoms with E-state index >= 15 is 0 Å². The molecule has 3 aromatic rings. The molecule has 0 saturated carbocycles. The molecule has 1 N–H and O–H groups in total. The molecular formula is C18H16ClF2N3O3. The van der Waals surface area contributed by atoms with E-state index in [-0.39, 0.29) is 17.2 Å². The number of halogens is 3. The SMILES string of the molecule is Cc1nn(Cc2ccc(C(=O)Nc3ccccc3OC(F)F)o2)c(C)c1Cl. The maximum Gasteiger partial charge on any atom is 0.387 e. The Morgan fingerprint density at radius 2 is 2.04 bits per heavy atom. The van der Waals surface area contributed by atoms with Gasteiger partial charge in [0.25, 0.3) is 5.91 Å². The number of ether oxygens (including phenoxy) is 1. The van der Waals surface area contributed by atoms with Gasteiger partial charge in [-0.1, -0.05) is 23.7 Å². The zero-order valence-corrected chi connectivity index (χ0v) is 15.3. The smallest absolute Gasteiger partial charge is 0.387 e. The predicted molar refractivity (Wildman–Crippen MR) is 95.5 cm³/mol. The number of benzene rings is 1. The van der Waals surface area contributed by atoms with Crippen molar-refractivity contribution in [3.8, 4) is 5.75 Å². The van der Waals surface area contributed by atoms with Crippen LogP contribution in [-0.4, -0.2) is 22.3 Å². The second-order valence-corrected chi connectivity index (χ2v) is 6.12. The van der Waals surface area contributed by atoms with Crippen LogP contribution in [0.1, 0.15) is 27.7 Å². The molecule has 0 fully saturated rings. The van der Waals surface area contributed by atoms with E-state index in [1.165, 1.54) is 24.3 Å². The first-order valence-corrected chi connectivity index (χ1v) is 8.36. The summed E-state index contributed by atoms with van der Waals surface area (Å²) in [6.45, 7) is 0.938. The van der Waals surface area contributed by atoms with E-state index in [4.69, 9.17) is 16.0 Å². The second-order valence-electron chi connectivity index (χ2n) is 5.74. The number of para-hydroxylation sites is 2. The highest BCUT2D eigenvalue weighted by atomic mass is 35.5. The molecule has 3 rings (SSSR count). The molecule has 2 aromatic heterocycles. The van der Waals surface area contributed by atoms with Gasteiger partial charge < -0.3 is 14.5 Å². The van der Waals surface area contributed by atoms with E-state index in [0.29, 0.717) is 23.0 Å². The summed E-state index contributed by atoms with van der Waals surface area (Å²) >= 11 is 6.12. The third-order valence-corrected chi connectivity index (χ3v) is 4.38. The summed E-state index contributed by atoms with van der Waals surface area (Å²) in [6, 6.07) is 9.04. The quantitative estimate of drug-likeness (QED) is 0.659. The molecule has 1 aromatic carbocycles. The minimum atomic E-state index is -2.99. The average Bonchev–Trinajstić information content (AvgIpc) is 3.18. The van der Waals surface area contributed by atoms with Crippen LogP contribution in [0.15, 0.2) is 40.8 Å². The van der Waals surface area contributed by atoms with Crippen LogP contribution in [-0.2, 0) is 6.54 Å². The standard InChI is InChI=1S/C18H16ClF2N3O3/c1-10-16(19)11(2)24(23-10)9-12-7-8-15(26-12)17(25)22-13-5-3-4-6-14(13)27-18(20)21/h3-8,18H,9H2,1-2H3,(H,22,25). The lowest BCUT2D eigenvalue weighted by Crippen LogP contribution is -2.13. The minimum Gasteiger partial charge on any atom is -0.454 e. The summed E-state index contributed by atoms with van der Waals surface area (Å²) in [5.41, 5.74) is 1.61. The highest BCUT2D eigenvalue weighted by Crippen LogP contribution is 2.26. The number of anilines is 1. The van der Waals surface area contributed by atoms with Crippen molar-refractivity contribution in [1.29, 1.82) is 0 Å². The number of hydrogen-bond donors (Lipinski definition) is 1. The van der Waals surface area contributed by atoms with Crippen LogP contribution in [0.3, 0.4) is 0 Å². The van der Waals surface area contributed by atoms with Gasteiger partial charge in [-0.2, -0.15) is 13.9 Å². The first-order chi connectivity index (χ1) is 12.8. The van der Waals surface area contributed by atoms with Crippen LogP contribution in [0.4, 0.5) is 14.5 Å². The molecule has 0 aliphatic carbocycles. The van der Waals surface area contributed by atoms with Crippen LogP contribution in [0.2, 0.25) is 5.02 Å². The lowest BCUT2D eigenvalue weighted by Gasteiger charge is -2.10. The Morgan fingerprint density at radius 3 is 2.70 bits per heavy atom. The third-order valence-electron chi connectivity index (χ3n) is 3.84. The number of nitrogens with one attached hydrogen (secondary N) is 1. The minimum absolute atomic E-state index is 0.0319. The lowest BCUT2D eigenvalue weighted by atomic mass is 10.3. The van der Waals surface area contributed by atoms with Gasteiger partial charge in [0.1, 0.15) is 11.5 Å². The molecule has 6 nitrogen and oxygen atoms in total. The molecule has 1 amide bonds. The Labute approximate surface area is 158 Å². The van der Waals surface area contributed by atoms with Gasteiger partial charge in [-0.15, -0.1) is 0 Å². The van der Waals surface area contributed by atoms with Crippen LogP contribution in [0.25, 0.3) is 0 Å². The van der Waals surface area contributed by atoms with Crippen molar-refractivity contribution in [2.75, 3.05) is 5.32 Å². The molecule has 0 aliphatic heterocycles. The van der Waals surface area contributed by atoms with Gasteiger partial charge in [-0.25, -0.2) is 0 Å². The largest absolute Gasteiger partial charge is 0.454 e. The zero-order valence-electron chi connectivity index (χ0n) is 14.5. The fourth-order valence-electron chi connectivity index (χ4n) is 2.51. The first kappa shape index (κ1) is 18.9. The van der Waals surface area contributed by atoms with Crippen molar-refractivity contribution < 1.29 is 22.7 Å². The monoisotopic (exact) mass is 395 g/mol. The van der Waals surface area contributed by atoms with Crippen LogP contribution < -0.4 is 10.1 Å². The third kappa shape index (κ3) is 4.28. The topological polar surface area (TPSA) is 69.3 Å². The van der Waals surface area contributed by atoms with Gasteiger partial charge in [0.15, 0.2) is 5.76 Å². The molecule has 9 heteroatoms. The second kappa shape index (κ2) is 7.79. The van der Waals surface area contributed by atoms with Gasteiger partial charge in [0.2, 0.25) is 0 Å². The Balaban J connectivity index is 1.73. The molecule has 0 atom stereocenters. The van der Waals surface area contributed by atoms with Gasteiger partial charge in [-0.3, -0.25) is 9.48 Å². The highest BCUT2D eigenvalue weighted by Gasteiger charge is 2.17. The van der Waals surface area contributed by atoms with Gasteiger partial charge in [0, 0.05) is 0 Å². The van der Waals surface area contributed by atoms with Crippen LogP contribution in [0, 0.1) is 13.8 Å². The summed E-state index contributed by atoms with van der Waals surface area (Å²) in [5, 5.41) is 7.38. The fourth-order valence-corrected chi connectivity index (χ4v) is 2.65. The Hall–Kier alpha value is -2.87. The highest BCUT2D eigenvalue weighted by molar-refractivity contribution is 6.31. The van der Waals surface area contributed by atoms with E-state index in [1.54, 1.807) is 23.7 Å². The summed E-state index contributed by atoms with van der Waals surface area (Å²) in [4.78, 5) is 12.4. The van der Waals surface area contributed by atoms with Crippen molar-refractivity contribution in [2.45, 2.75) is 27.0 Å². The molecule has 27 heavy (non-hydrogen) atoms. The summed E-state index contributed by atoms with van der Waals surface area (Å²) in [5.74, 6) is -0.188. The Bertz CT molecular complexity index is 969. The summed E-state index contributed by atoms with van der Waals surface area (Å²) in [7, 11) is 0. The van der Waals surface area contributed by atoms with Crippen molar-refractivity contribution in [2.24, 2.45) is 0 Å². The van der Waals surface area contributed by atoms with E-state index < -0.39 is 12.5 Å². The molecule has 0 radical (unpaired) electrons. The average molecular weight is 396 g/mol. The van der Waals surface area contributed by atoms with Crippen LogP contribution >= 0.6 is 11.6 Å². The number of aromatic nitrogens is 2. The maximum absolute atomic E-state index is 12.5. The van der Waals surface area contributed by atoms with Gasteiger partial charge in [-0.05, 0) is 38.1 Å². The van der Waals surface area contributed by atoms with E-state index in [9.17, 15) is 13.6 Å². The normalized spacial score (nSPS) is 11.0. The predicted octanol–water partition coefficient (Wildman–Crippen LogP) is 4.65. The first-order valence-electron chi connectivity index (χ1n) is 7.98. The Kier molecular flexibility index (Phi) is 5.46. The molecule has 0 unspecified atom stereocenters. The zero-order chi connectivity index (χ0) is 19.6. The fraction of sp³-hybridized carbons (Fsp3) is 0.222. The molecule has 0 spiro atoms. The Morgan fingerprint density at radius 1 is 1.30 bits per heavy atom. The van der Waals surface area contributed by atoms with Gasteiger partial charge in [0.05, 0.1) is 28.6 Å². The number of rotatable bonds is 6. The van der Waals surface area contributed by atoms with E-state index in [2.05, 4.69) is 15.2 Å². The number of carbonyl (C=O) groups excluding carboxylic acids is 1. The molecule has 2 heterocycles. The molecule has 0 aliphatic rings. The van der Waals surface area contributed by atoms with Crippen molar-refractivity contribution >= 4 is 23.2 Å². The number of alkyl halides is 2. The van der Waals surface area contributed by atoms with Gasteiger partial charge >= 0.3 is 6.61 Å².